The minimum atomic E-state index is -0.878. The van der Waals surface area contributed by atoms with Crippen LogP contribution in [0.3, 0.4) is 0 Å². The van der Waals surface area contributed by atoms with Crippen molar-refractivity contribution in [3.05, 3.63) is 197 Å². The van der Waals surface area contributed by atoms with Gasteiger partial charge in [0, 0.05) is 70.4 Å². The molecule has 0 bridgehead atoms. The van der Waals surface area contributed by atoms with Crippen molar-refractivity contribution in [2.75, 3.05) is 37.0 Å². The highest BCUT2D eigenvalue weighted by atomic mass is 19.1. The van der Waals surface area contributed by atoms with Gasteiger partial charge in [0.25, 0.3) is 11.1 Å². The summed E-state index contributed by atoms with van der Waals surface area (Å²) in [5.74, 6) is 10.2. The molecule has 2 aliphatic heterocycles. The summed E-state index contributed by atoms with van der Waals surface area (Å²) in [4.78, 5) is 92.3. The number of carbonyl (C=O) groups excluding carboxylic acids is 4. The van der Waals surface area contributed by atoms with Crippen LogP contribution in [0.1, 0.15) is 123 Å². The maximum Gasteiger partial charge on any atom is 0.251 e. The van der Waals surface area contributed by atoms with E-state index < -0.39 is 35.0 Å². The van der Waals surface area contributed by atoms with Gasteiger partial charge in [-0.25, -0.2) is 8.78 Å². The number of hydrogen-bond acceptors (Lipinski definition) is 8. The lowest BCUT2D eigenvalue weighted by atomic mass is 9.91. The molecule has 4 aromatic carbocycles. The Morgan fingerprint density at radius 3 is 1.21 bits per heavy atom. The number of nitrogens with one attached hydrogen (secondary N) is 6. The van der Waals surface area contributed by atoms with Crippen LogP contribution in [0.5, 0.6) is 0 Å². The third kappa shape index (κ3) is 14.2. The molecule has 0 saturated carbocycles. The predicted octanol–water partition coefficient (Wildman–Crippen LogP) is 7.41. The molecule has 4 atom stereocenters. The van der Waals surface area contributed by atoms with E-state index in [0.717, 1.165) is 33.4 Å². The summed E-state index contributed by atoms with van der Waals surface area (Å²) in [7, 11) is 3.41. The van der Waals surface area contributed by atoms with Gasteiger partial charge in [-0.05, 0) is 147 Å². The van der Waals surface area contributed by atoms with E-state index >= 15 is 0 Å². The quantitative estimate of drug-likeness (QED) is 0.0427. The topological polar surface area (TPSA) is 189 Å². The fourth-order valence-corrected chi connectivity index (χ4v) is 10.8. The summed E-state index contributed by atoms with van der Waals surface area (Å²) in [5, 5.41) is 12.1. The fourth-order valence-electron chi connectivity index (χ4n) is 10.8. The van der Waals surface area contributed by atoms with Crippen molar-refractivity contribution in [1.82, 2.24) is 31.2 Å². The van der Waals surface area contributed by atoms with Crippen LogP contribution in [-0.2, 0) is 55.7 Å². The molecule has 0 spiro atoms. The van der Waals surface area contributed by atoms with Crippen LogP contribution in [-0.4, -0.2) is 84.9 Å². The van der Waals surface area contributed by atoms with Gasteiger partial charge >= 0.3 is 0 Å². The normalized spacial score (nSPS) is 15.1. The van der Waals surface area contributed by atoms with Crippen LogP contribution in [0.15, 0.2) is 119 Å². The van der Waals surface area contributed by atoms with Crippen LogP contribution in [0.4, 0.5) is 20.2 Å². The fraction of sp³-hybridized carbons (Fsp3) is 0.364. The van der Waals surface area contributed by atoms with E-state index in [-0.39, 0.29) is 59.2 Å². The first-order valence-corrected chi connectivity index (χ1v) is 28.0. The molecule has 14 nitrogen and oxygen atoms in total. The third-order valence-corrected chi connectivity index (χ3v) is 15.6. The Hall–Kier alpha value is -8.44. The monoisotopic (exact) mass is 1110 g/mol. The Labute approximate surface area is 478 Å². The summed E-state index contributed by atoms with van der Waals surface area (Å²) in [6, 6.07) is 28.0. The van der Waals surface area contributed by atoms with E-state index in [1.807, 2.05) is 90.1 Å². The molecule has 0 radical (unpaired) electrons. The van der Waals surface area contributed by atoms with Crippen LogP contribution in [0, 0.1) is 35.3 Å². The molecule has 0 saturated heterocycles. The van der Waals surface area contributed by atoms with E-state index in [1.54, 1.807) is 60.3 Å². The number of H-pyrrole nitrogens is 2. The van der Waals surface area contributed by atoms with Gasteiger partial charge in [0.15, 0.2) is 0 Å². The number of likely N-dealkylation sites (N-methyl/N-ethyl adjacent to an activating group) is 2. The van der Waals surface area contributed by atoms with Crippen molar-refractivity contribution in [3.63, 3.8) is 0 Å². The number of aromatic amines is 2. The lowest BCUT2D eigenvalue weighted by molar-refractivity contribution is -0.129. The van der Waals surface area contributed by atoms with Gasteiger partial charge in [0.05, 0.1) is 23.5 Å². The predicted molar refractivity (Wildman–Crippen MR) is 317 cm³/mol. The molecule has 6 N–H and O–H groups in total. The average Bonchev–Trinajstić information content (AvgIpc) is 2.69. The first-order chi connectivity index (χ1) is 39.2. The highest BCUT2D eigenvalue weighted by Crippen LogP contribution is 2.41. The van der Waals surface area contributed by atoms with E-state index in [4.69, 9.17) is 0 Å². The zero-order chi connectivity index (χ0) is 58.9. The van der Waals surface area contributed by atoms with Crippen molar-refractivity contribution in [1.29, 1.82) is 0 Å². The molecule has 4 amide bonds. The number of carbonyl (C=O) groups is 4. The Morgan fingerprint density at radius 1 is 0.537 bits per heavy atom. The summed E-state index contributed by atoms with van der Waals surface area (Å²) in [6.45, 7) is 12.2. The van der Waals surface area contributed by atoms with Crippen LogP contribution < -0.4 is 42.2 Å². The smallest absolute Gasteiger partial charge is 0.251 e. The largest absolute Gasteiger partial charge is 0.343 e. The standard InChI is InChI=1S/C66H72F2N8O6/c1-9-51(69-7)61(79)71-53(63(81)75-39-65(3,4)57-55(75)37-47(59(77)73-57)35-45-23-29-49(67)30-24-45)33-27-43-19-15-41(16-20-43)13-11-12-14-42-17-21-44(22-18-42)28-34-54(72-62(80)52(10-2)70-8)64(82)76-40-66(5,6)58-56(76)38-48(60(78)74-58)36-46-25-31-50(68)32-26-46/h15-26,29-32,37-38,51-54,69-70H,9-10,27-28,33-36,39-40H2,1-8H3,(H,71,79)(H,72,80)(H,73,77)(H,74,78)/t51-,52-,53-,54-/m0/s1. The molecule has 6 aromatic rings. The second-order valence-corrected chi connectivity index (χ2v) is 22.6. The second kappa shape index (κ2) is 26.0. The number of pyridine rings is 2. The summed E-state index contributed by atoms with van der Waals surface area (Å²) in [5.41, 5.74) is 6.48. The Balaban J connectivity index is 0.914. The lowest BCUT2D eigenvalue weighted by Gasteiger charge is -2.27. The molecule has 16 heteroatoms. The minimum Gasteiger partial charge on any atom is -0.343 e. The number of fused-ring (bicyclic) bond motifs is 2. The zero-order valence-electron chi connectivity index (χ0n) is 47.9. The SMILES string of the molecule is CC[C@H](NC)C(=O)N[C@@H](CCc1ccc(C#CC#Cc2ccc(CC[C@H](NC(=O)[C@H](CC)NC)C(=O)N3CC(C)(C)c4[nH]c(=O)c(Cc5ccc(F)cc5)cc43)cc2)cc1)C(=O)N1CC(C)(C)c2[nH]c(=O)c(Cc3ccc(F)cc3)cc21. The van der Waals surface area contributed by atoms with Crippen LogP contribution in [0.2, 0.25) is 0 Å². The first kappa shape index (κ1) is 59.7. The minimum absolute atomic E-state index is 0.247. The van der Waals surface area contributed by atoms with Crippen LogP contribution >= 0.6 is 0 Å². The van der Waals surface area contributed by atoms with E-state index in [2.05, 4.69) is 54.9 Å². The number of halogens is 2. The number of aryl methyl sites for hydroxylation is 2. The van der Waals surface area contributed by atoms with Crippen molar-refractivity contribution < 1.29 is 28.0 Å². The van der Waals surface area contributed by atoms with Gasteiger partial charge < -0.3 is 41.0 Å². The van der Waals surface area contributed by atoms with Crippen molar-refractivity contribution in [2.24, 2.45) is 0 Å². The molecule has 4 heterocycles. The number of aromatic nitrogens is 2. The molecule has 8 rings (SSSR count). The molecule has 0 fully saturated rings. The zero-order valence-corrected chi connectivity index (χ0v) is 47.9. The van der Waals surface area contributed by atoms with Crippen molar-refractivity contribution in [2.45, 2.75) is 128 Å². The second-order valence-electron chi connectivity index (χ2n) is 22.6. The highest BCUT2D eigenvalue weighted by molar-refractivity contribution is 6.02. The Morgan fingerprint density at radius 2 is 0.878 bits per heavy atom. The van der Waals surface area contributed by atoms with Gasteiger partial charge in [-0.1, -0.05) is 102 Å². The number of amides is 4. The van der Waals surface area contributed by atoms with E-state index in [9.17, 15) is 37.5 Å². The van der Waals surface area contributed by atoms with Gasteiger partial charge in [0.2, 0.25) is 23.6 Å². The molecular formula is C66H72F2N8O6. The molecule has 426 valence electrons. The Kier molecular flexibility index (Phi) is 18.9. The maximum absolute atomic E-state index is 14.6. The van der Waals surface area contributed by atoms with Gasteiger partial charge in [-0.2, -0.15) is 0 Å². The molecule has 0 aliphatic carbocycles. The molecule has 2 aromatic heterocycles. The molecule has 2 aliphatic rings. The van der Waals surface area contributed by atoms with Crippen molar-refractivity contribution >= 4 is 35.0 Å². The Bertz CT molecular complexity index is 3330. The summed E-state index contributed by atoms with van der Waals surface area (Å²) in [6.07, 6.45) is 3.10. The van der Waals surface area contributed by atoms with E-state index in [0.29, 0.717) is 85.5 Å². The molecule has 82 heavy (non-hydrogen) atoms. The highest BCUT2D eigenvalue weighted by Gasteiger charge is 2.43. The lowest BCUT2D eigenvalue weighted by Crippen LogP contribution is -2.53. The summed E-state index contributed by atoms with van der Waals surface area (Å²) >= 11 is 0. The number of nitrogens with zero attached hydrogens (tertiary/aromatic N) is 2. The first-order valence-electron chi connectivity index (χ1n) is 28.0. The maximum atomic E-state index is 14.6. The average molecular weight is 1110 g/mol. The molecular weight excluding hydrogens is 1040 g/mol. The van der Waals surface area contributed by atoms with E-state index in [1.165, 1.54) is 24.3 Å². The van der Waals surface area contributed by atoms with Crippen LogP contribution in [0.25, 0.3) is 0 Å². The third-order valence-electron chi connectivity index (χ3n) is 15.6. The summed E-state index contributed by atoms with van der Waals surface area (Å²) < 4.78 is 27.4. The van der Waals surface area contributed by atoms with Crippen molar-refractivity contribution in [3.8, 4) is 23.7 Å². The van der Waals surface area contributed by atoms with Gasteiger partial charge in [0.1, 0.15) is 23.7 Å². The van der Waals surface area contributed by atoms with Gasteiger partial charge in [-0.15, -0.1) is 0 Å². The molecule has 0 unspecified atom stereocenters. The number of rotatable bonds is 20. The number of hydrogen-bond donors (Lipinski definition) is 6. The van der Waals surface area contributed by atoms with Gasteiger partial charge in [-0.3, -0.25) is 28.8 Å². The number of anilines is 2. The number of benzene rings is 4.